The van der Waals surface area contributed by atoms with Crippen molar-refractivity contribution in [3.05, 3.63) is 65.7 Å². The lowest BCUT2D eigenvalue weighted by atomic mass is 9.95. The molecule has 0 aliphatic carbocycles. The molecule has 4 nitrogen and oxygen atoms in total. The van der Waals surface area contributed by atoms with Crippen molar-refractivity contribution in [2.75, 3.05) is 19.4 Å². The molecule has 0 fully saturated rings. The maximum atomic E-state index is 12.5. The number of carbonyl (C=O) groups excluding carboxylic acids is 2. The van der Waals surface area contributed by atoms with Crippen LogP contribution in [0, 0.1) is 0 Å². The fraction of sp³-hybridized carbons (Fsp3) is 0.300. The summed E-state index contributed by atoms with van der Waals surface area (Å²) in [4.78, 5) is 25.8. The van der Waals surface area contributed by atoms with Gasteiger partial charge in [-0.2, -0.15) is 0 Å². The molecular formula is C20H24N2O2. The van der Waals surface area contributed by atoms with Gasteiger partial charge in [0.2, 0.25) is 11.8 Å². The molecule has 0 saturated heterocycles. The highest BCUT2D eigenvalue weighted by Crippen LogP contribution is 2.21. The summed E-state index contributed by atoms with van der Waals surface area (Å²) in [6.07, 6.45) is 1.11. The first kappa shape index (κ1) is 17.7. The number of likely N-dealkylation sites (N-methyl/N-ethyl adjacent to an activating group) is 1. The molecule has 0 aromatic heterocycles. The van der Waals surface area contributed by atoms with Gasteiger partial charge in [-0.15, -0.1) is 0 Å². The van der Waals surface area contributed by atoms with Gasteiger partial charge in [0.1, 0.15) is 0 Å². The molecule has 0 aliphatic rings. The Balaban J connectivity index is 2.02. The van der Waals surface area contributed by atoms with Crippen molar-refractivity contribution in [2.24, 2.45) is 0 Å². The van der Waals surface area contributed by atoms with Crippen LogP contribution in [0.4, 0.5) is 5.69 Å². The van der Waals surface area contributed by atoms with Gasteiger partial charge in [-0.1, -0.05) is 49.4 Å². The Bertz CT molecular complexity index is 679. The summed E-state index contributed by atoms with van der Waals surface area (Å²) in [7, 11) is 3.48. The van der Waals surface area contributed by atoms with E-state index in [0.29, 0.717) is 6.42 Å². The number of amides is 2. The van der Waals surface area contributed by atoms with Crippen LogP contribution < -0.4 is 5.32 Å². The Labute approximate surface area is 143 Å². The summed E-state index contributed by atoms with van der Waals surface area (Å²) < 4.78 is 0. The molecule has 0 aliphatic heterocycles. The zero-order valence-corrected chi connectivity index (χ0v) is 14.5. The van der Waals surface area contributed by atoms with Crippen molar-refractivity contribution >= 4 is 17.5 Å². The predicted molar refractivity (Wildman–Crippen MR) is 96.9 cm³/mol. The van der Waals surface area contributed by atoms with Gasteiger partial charge in [0.15, 0.2) is 0 Å². The minimum atomic E-state index is -0.166. The number of rotatable bonds is 6. The van der Waals surface area contributed by atoms with Crippen LogP contribution in [0.15, 0.2) is 54.6 Å². The summed E-state index contributed by atoms with van der Waals surface area (Å²) in [5, 5.41) is 2.96. The van der Waals surface area contributed by atoms with Crippen LogP contribution in [0.25, 0.3) is 0 Å². The van der Waals surface area contributed by atoms with Gasteiger partial charge in [-0.3, -0.25) is 9.59 Å². The summed E-state index contributed by atoms with van der Waals surface area (Å²) in [5.41, 5.74) is 2.70. The van der Waals surface area contributed by atoms with Crippen molar-refractivity contribution in [1.29, 1.82) is 0 Å². The van der Waals surface area contributed by atoms with E-state index >= 15 is 0 Å². The van der Waals surface area contributed by atoms with Crippen LogP contribution in [-0.2, 0) is 16.0 Å². The first-order valence-corrected chi connectivity index (χ1v) is 8.16. The van der Waals surface area contributed by atoms with Crippen molar-refractivity contribution in [2.45, 2.75) is 25.7 Å². The lowest BCUT2D eigenvalue weighted by Gasteiger charge is -2.16. The Morgan fingerprint density at radius 3 is 2.17 bits per heavy atom. The fourth-order valence-electron chi connectivity index (χ4n) is 2.53. The van der Waals surface area contributed by atoms with Crippen LogP contribution in [0.5, 0.6) is 0 Å². The average Bonchev–Trinajstić information content (AvgIpc) is 2.58. The molecule has 2 amide bonds. The molecule has 0 saturated carbocycles. The summed E-state index contributed by atoms with van der Waals surface area (Å²) >= 11 is 0. The van der Waals surface area contributed by atoms with Gasteiger partial charge in [0.25, 0.3) is 0 Å². The molecule has 2 aromatic carbocycles. The quantitative estimate of drug-likeness (QED) is 0.885. The molecule has 0 spiro atoms. The van der Waals surface area contributed by atoms with E-state index in [-0.39, 0.29) is 17.7 Å². The molecule has 4 heteroatoms. The summed E-state index contributed by atoms with van der Waals surface area (Å²) in [5.74, 6) is -0.121. The Hall–Kier alpha value is -2.62. The molecule has 1 atom stereocenters. The van der Waals surface area contributed by atoms with E-state index < -0.39 is 0 Å². The largest absolute Gasteiger partial charge is 0.349 e. The highest BCUT2D eigenvalue weighted by Gasteiger charge is 2.18. The molecular weight excluding hydrogens is 300 g/mol. The lowest BCUT2D eigenvalue weighted by molar-refractivity contribution is -0.128. The normalized spacial score (nSPS) is 11.6. The van der Waals surface area contributed by atoms with Crippen LogP contribution in [0.2, 0.25) is 0 Å². The van der Waals surface area contributed by atoms with E-state index in [1.165, 1.54) is 0 Å². The van der Waals surface area contributed by atoms with Gasteiger partial charge < -0.3 is 10.2 Å². The molecule has 24 heavy (non-hydrogen) atoms. The minimum absolute atomic E-state index is 0.0131. The predicted octanol–water partition coefficient (Wildman–Crippen LogP) is 3.45. The van der Waals surface area contributed by atoms with Crippen LogP contribution in [-0.4, -0.2) is 30.8 Å². The third-order valence-corrected chi connectivity index (χ3v) is 4.00. The number of anilines is 1. The number of benzene rings is 2. The highest BCUT2D eigenvalue weighted by atomic mass is 16.2. The van der Waals surface area contributed by atoms with Crippen molar-refractivity contribution < 1.29 is 9.59 Å². The number of hydrogen-bond acceptors (Lipinski definition) is 2. The van der Waals surface area contributed by atoms with Gasteiger partial charge in [0.05, 0.1) is 12.3 Å². The molecule has 0 bridgehead atoms. The van der Waals surface area contributed by atoms with Crippen molar-refractivity contribution in [3.8, 4) is 0 Å². The number of nitrogens with zero attached hydrogens (tertiary/aromatic N) is 1. The molecule has 2 rings (SSSR count). The fourth-order valence-corrected chi connectivity index (χ4v) is 2.53. The van der Waals surface area contributed by atoms with Crippen molar-refractivity contribution in [3.63, 3.8) is 0 Å². The van der Waals surface area contributed by atoms with E-state index in [1.54, 1.807) is 19.0 Å². The third kappa shape index (κ3) is 4.69. The van der Waals surface area contributed by atoms with E-state index in [2.05, 4.69) is 5.32 Å². The zero-order chi connectivity index (χ0) is 17.5. The molecule has 2 aromatic rings. The van der Waals surface area contributed by atoms with E-state index in [9.17, 15) is 9.59 Å². The average molecular weight is 324 g/mol. The topological polar surface area (TPSA) is 49.4 Å². The monoisotopic (exact) mass is 324 g/mol. The zero-order valence-electron chi connectivity index (χ0n) is 14.5. The van der Waals surface area contributed by atoms with Gasteiger partial charge in [0, 0.05) is 19.8 Å². The third-order valence-electron chi connectivity index (χ3n) is 4.00. The first-order chi connectivity index (χ1) is 11.5. The maximum absolute atomic E-state index is 12.5. The number of carbonyl (C=O) groups is 2. The molecule has 0 radical (unpaired) electrons. The van der Waals surface area contributed by atoms with Gasteiger partial charge >= 0.3 is 0 Å². The van der Waals surface area contributed by atoms with Crippen LogP contribution in [0.1, 0.15) is 30.4 Å². The second-order valence-electron chi connectivity index (χ2n) is 6.02. The standard InChI is InChI=1S/C20H24N2O2/c1-4-18(16-8-6-5-7-9-16)20(24)21-17-12-10-15(11-13-17)14-19(23)22(2)3/h5-13,18H,4,14H2,1-3H3,(H,21,24). The van der Waals surface area contributed by atoms with E-state index in [1.807, 2.05) is 61.5 Å². The highest BCUT2D eigenvalue weighted by molar-refractivity contribution is 5.95. The van der Waals surface area contributed by atoms with Gasteiger partial charge in [-0.05, 0) is 29.7 Å². The lowest BCUT2D eigenvalue weighted by Crippen LogP contribution is -2.23. The minimum Gasteiger partial charge on any atom is -0.349 e. The maximum Gasteiger partial charge on any atom is 0.231 e. The molecule has 0 heterocycles. The Morgan fingerprint density at radius 1 is 1.00 bits per heavy atom. The van der Waals surface area contributed by atoms with Gasteiger partial charge in [-0.25, -0.2) is 0 Å². The van der Waals surface area contributed by atoms with E-state index in [0.717, 1.165) is 23.2 Å². The first-order valence-electron chi connectivity index (χ1n) is 8.16. The van der Waals surface area contributed by atoms with Crippen LogP contribution >= 0.6 is 0 Å². The molecule has 126 valence electrons. The summed E-state index contributed by atoms with van der Waals surface area (Å²) in [6, 6.07) is 17.2. The number of hydrogen-bond donors (Lipinski definition) is 1. The molecule has 1 unspecified atom stereocenters. The number of nitrogens with one attached hydrogen (secondary N) is 1. The van der Waals surface area contributed by atoms with Crippen molar-refractivity contribution in [1.82, 2.24) is 4.90 Å². The Morgan fingerprint density at radius 2 is 1.62 bits per heavy atom. The smallest absolute Gasteiger partial charge is 0.231 e. The second-order valence-corrected chi connectivity index (χ2v) is 6.02. The Kier molecular flexibility index (Phi) is 6.13. The molecule has 1 N–H and O–H groups in total. The SMILES string of the molecule is CCC(C(=O)Nc1ccc(CC(=O)N(C)C)cc1)c1ccccc1. The second kappa shape index (κ2) is 8.29. The van der Waals surface area contributed by atoms with Crippen LogP contribution in [0.3, 0.4) is 0 Å². The summed E-state index contributed by atoms with van der Waals surface area (Å²) in [6.45, 7) is 2.01. The van der Waals surface area contributed by atoms with E-state index in [4.69, 9.17) is 0 Å².